The van der Waals surface area contributed by atoms with Crippen LogP contribution in [0.15, 0.2) is 12.1 Å². The number of carbonyl (C=O) groups is 1. The molecule has 1 saturated carbocycles. The first-order valence-corrected chi connectivity index (χ1v) is 5.83. The monoisotopic (exact) mass is 218 g/mol. The smallest absolute Gasteiger partial charge is 0.338 e. The molecule has 1 aromatic carbocycles. The summed E-state index contributed by atoms with van der Waals surface area (Å²) < 4.78 is 4.77. The Morgan fingerprint density at radius 3 is 2.44 bits per heavy atom. The topological polar surface area (TPSA) is 26.3 Å². The first kappa shape index (κ1) is 11.2. The van der Waals surface area contributed by atoms with Crippen molar-refractivity contribution in [2.45, 2.75) is 39.0 Å². The maximum Gasteiger partial charge on any atom is 0.338 e. The third kappa shape index (κ3) is 1.84. The molecule has 0 bridgehead atoms. The number of esters is 1. The zero-order chi connectivity index (χ0) is 11.7. The molecule has 0 unspecified atom stereocenters. The lowest BCUT2D eigenvalue weighted by molar-refractivity contribution is 0.0600. The van der Waals surface area contributed by atoms with Crippen molar-refractivity contribution in [2.24, 2.45) is 0 Å². The zero-order valence-electron chi connectivity index (χ0n) is 10.2. The summed E-state index contributed by atoms with van der Waals surface area (Å²) in [4.78, 5) is 11.5. The first-order chi connectivity index (χ1) is 7.63. The molecule has 2 heteroatoms. The molecule has 0 heterocycles. The van der Waals surface area contributed by atoms with Gasteiger partial charge in [-0.05, 0) is 55.4 Å². The number of benzene rings is 1. The van der Waals surface area contributed by atoms with E-state index in [1.807, 2.05) is 13.0 Å². The van der Waals surface area contributed by atoms with E-state index in [0.717, 1.165) is 5.56 Å². The fourth-order valence-corrected chi connectivity index (χ4v) is 2.33. The molecule has 16 heavy (non-hydrogen) atoms. The van der Waals surface area contributed by atoms with Crippen molar-refractivity contribution >= 4 is 5.97 Å². The second-order valence-corrected chi connectivity index (χ2v) is 4.64. The number of methoxy groups -OCH3 is 1. The molecule has 0 atom stereocenters. The Kier molecular flexibility index (Phi) is 2.99. The Bertz CT molecular complexity index is 417. The van der Waals surface area contributed by atoms with Crippen LogP contribution in [0.4, 0.5) is 0 Å². The molecule has 86 valence electrons. The summed E-state index contributed by atoms with van der Waals surface area (Å²) in [6.07, 6.45) is 3.91. The van der Waals surface area contributed by atoms with E-state index < -0.39 is 0 Å². The van der Waals surface area contributed by atoms with Gasteiger partial charge < -0.3 is 4.74 Å². The van der Waals surface area contributed by atoms with Crippen LogP contribution in [-0.2, 0) is 4.74 Å². The predicted molar refractivity (Wildman–Crippen MR) is 63.8 cm³/mol. The summed E-state index contributed by atoms with van der Waals surface area (Å²) in [5, 5.41) is 0. The highest BCUT2D eigenvalue weighted by Crippen LogP contribution is 2.38. The van der Waals surface area contributed by atoms with Crippen LogP contribution in [0.25, 0.3) is 0 Å². The normalized spacial score (nSPS) is 15.7. The highest BCUT2D eigenvalue weighted by atomic mass is 16.5. The summed E-state index contributed by atoms with van der Waals surface area (Å²) >= 11 is 0. The lowest BCUT2D eigenvalue weighted by Gasteiger charge is -2.28. The third-order valence-electron chi connectivity index (χ3n) is 3.56. The molecule has 1 aliphatic rings. The van der Waals surface area contributed by atoms with Crippen LogP contribution in [0.5, 0.6) is 0 Å². The maximum atomic E-state index is 11.5. The Labute approximate surface area is 96.6 Å². The minimum absolute atomic E-state index is 0.235. The average Bonchev–Trinajstić information content (AvgIpc) is 2.19. The second kappa shape index (κ2) is 4.28. The van der Waals surface area contributed by atoms with Gasteiger partial charge in [0.1, 0.15) is 0 Å². The molecule has 1 aromatic rings. The highest BCUT2D eigenvalue weighted by Gasteiger charge is 2.22. The van der Waals surface area contributed by atoms with E-state index in [-0.39, 0.29) is 5.97 Å². The van der Waals surface area contributed by atoms with Gasteiger partial charge in [0.2, 0.25) is 0 Å². The molecule has 0 aliphatic heterocycles. The lowest BCUT2D eigenvalue weighted by Crippen LogP contribution is -2.12. The van der Waals surface area contributed by atoms with Gasteiger partial charge in [-0.3, -0.25) is 0 Å². The van der Waals surface area contributed by atoms with E-state index in [9.17, 15) is 4.79 Å². The summed E-state index contributed by atoms with van der Waals surface area (Å²) in [5.74, 6) is 0.478. The molecule has 2 rings (SSSR count). The van der Waals surface area contributed by atoms with E-state index in [0.29, 0.717) is 11.5 Å². The van der Waals surface area contributed by atoms with Crippen LogP contribution in [0.1, 0.15) is 52.2 Å². The second-order valence-electron chi connectivity index (χ2n) is 4.64. The number of rotatable bonds is 2. The van der Waals surface area contributed by atoms with Gasteiger partial charge in [0.15, 0.2) is 0 Å². The van der Waals surface area contributed by atoms with Crippen molar-refractivity contribution in [1.82, 2.24) is 0 Å². The van der Waals surface area contributed by atoms with E-state index in [1.165, 1.54) is 37.5 Å². The first-order valence-electron chi connectivity index (χ1n) is 5.83. The van der Waals surface area contributed by atoms with Crippen molar-refractivity contribution < 1.29 is 9.53 Å². The van der Waals surface area contributed by atoms with Gasteiger partial charge in [0.05, 0.1) is 12.7 Å². The van der Waals surface area contributed by atoms with Gasteiger partial charge in [-0.25, -0.2) is 4.79 Å². The number of hydrogen-bond acceptors (Lipinski definition) is 2. The van der Waals surface area contributed by atoms with Crippen molar-refractivity contribution in [3.05, 3.63) is 34.4 Å². The van der Waals surface area contributed by atoms with Crippen LogP contribution in [0.3, 0.4) is 0 Å². The fourth-order valence-electron chi connectivity index (χ4n) is 2.33. The number of aryl methyl sites for hydroxylation is 2. The minimum atomic E-state index is -0.235. The summed E-state index contributed by atoms with van der Waals surface area (Å²) in [5.41, 5.74) is 4.36. The van der Waals surface area contributed by atoms with Crippen LogP contribution in [-0.4, -0.2) is 13.1 Å². The number of hydrogen-bond donors (Lipinski definition) is 0. The number of carbonyl (C=O) groups excluding carboxylic acids is 1. The van der Waals surface area contributed by atoms with Gasteiger partial charge in [-0.15, -0.1) is 0 Å². The molecule has 0 saturated heterocycles. The van der Waals surface area contributed by atoms with Crippen LogP contribution >= 0.6 is 0 Å². The van der Waals surface area contributed by atoms with Crippen LogP contribution < -0.4 is 0 Å². The molecule has 1 fully saturated rings. The van der Waals surface area contributed by atoms with E-state index in [2.05, 4.69) is 13.0 Å². The van der Waals surface area contributed by atoms with Crippen LogP contribution in [0, 0.1) is 13.8 Å². The molecule has 2 nitrogen and oxygen atoms in total. The fraction of sp³-hybridized carbons (Fsp3) is 0.500. The summed E-state index contributed by atoms with van der Waals surface area (Å²) in [7, 11) is 1.43. The lowest BCUT2D eigenvalue weighted by atomic mass is 9.77. The van der Waals surface area contributed by atoms with Gasteiger partial charge in [0, 0.05) is 0 Å². The van der Waals surface area contributed by atoms with E-state index >= 15 is 0 Å². The van der Waals surface area contributed by atoms with Crippen molar-refractivity contribution in [3.63, 3.8) is 0 Å². The Balaban J connectivity index is 2.38. The maximum absolute atomic E-state index is 11.5. The summed E-state index contributed by atoms with van der Waals surface area (Å²) in [6, 6.07) is 4.13. The quantitative estimate of drug-likeness (QED) is 0.711. The van der Waals surface area contributed by atoms with Crippen molar-refractivity contribution in [1.29, 1.82) is 0 Å². The van der Waals surface area contributed by atoms with E-state index in [4.69, 9.17) is 4.74 Å². The SMILES string of the molecule is COC(=O)c1cc(C)c(C2CCC2)cc1C. The number of ether oxygens (including phenoxy) is 1. The minimum Gasteiger partial charge on any atom is -0.465 e. The molecule has 0 aromatic heterocycles. The van der Waals surface area contributed by atoms with Gasteiger partial charge in [-0.2, -0.15) is 0 Å². The predicted octanol–water partition coefficient (Wildman–Crippen LogP) is 3.36. The molecule has 0 spiro atoms. The summed E-state index contributed by atoms with van der Waals surface area (Å²) in [6.45, 7) is 4.06. The Morgan fingerprint density at radius 2 is 1.94 bits per heavy atom. The standard InChI is InChI=1S/C14H18O2/c1-9-8-13(14(15)16-3)10(2)7-12(9)11-5-4-6-11/h7-8,11H,4-6H2,1-3H3. The molecular weight excluding hydrogens is 200 g/mol. The largest absolute Gasteiger partial charge is 0.465 e. The van der Waals surface area contributed by atoms with Gasteiger partial charge in [-0.1, -0.05) is 12.5 Å². The van der Waals surface area contributed by atoms with Crippen LogP contribution in [0.2, 0.25) is 0 Å². The van der Waals surface area contributed by atoms with Crippen molar-refractivity contribution in [3.8, 4) is 0 Å². The van der Waals surface area contributed by atoms with E-state index in [1.54, 1.807) is 0 Å². The highest BCUT2D eigenvalue weighted by molar-refractivity contribution is 5.91. The Morgan fingerprint density at radius 1 is 1.25 bits per heavy atom. The third-order valence-corrected chi connectivity index (χ3v) is 3.56. The Hall–Kier alpha value is -1.31. The average molecular weight is 218 g/mol. The van der Waals surface area contributed by atoms with Gasteiger partial charge in [0.25, 0.3) is 0 Å². The molecule has 0 radical (unpaired) electrons. The zero-order valence-corrected chi connectivity index (χ0v) is 10.2. The molecule has 0 N–H and O–H groups in total. The molecule has 1 aliphatic carbocycles. The molecule has 0 amide bonds. The van der Waals surface area contributed by atoms with Crippen molar-refractivity contribution in [2.75, 3.05) is 7.11 Å². The van der Waals surface area contributed by atoms with Gasteiger partial charge >= 0.3 is 5.97 Å². The molecular formula is C14H18O2.